The molecule has 1 aromatic heterocycles. The van der Waals surface area contributed by atoms with E-state index in [4.69, 9.17) is 5.73 Å². The van der Waals surface area contributed by atoms with Crippen LogP contribution in [0.3, 0.4) is 0 Å². The van der Waals surface area contributed by atoms with E-state index in [0.29, 0.717) is 6.04 Å². The Morgan fingerprint density at radius 3 is 2.94 bits per heavy atom. The molecule has 0 aromatic carbocycles. The fourth-order valence-electron chi connectivity index (χ4n) is 2.60. The molecule has 1 aliphatic rings. The normalized spacial score (nSPS) is 25.0. The maximum Gasteiger partial charge on any atom is 0.0374 e. The zero-order valence-corrected chi connectivity index (χ0v) is 13.5. The SMILES string of the molecule is CN1CCCN(C)C(C(N)Cc2cc(Br)cs2)C1. The minimum Gasteiger partial charge on any atom is -0.326 e. The first-order valence-corrected chi connectivity index (χ1v) is 8.11. The summed E-state index contributed by atoms with van der Waals surface area (Å²) in [5.41, 5.74) is 6.43. The average molecular weight is 332 g/mol. The van der Waals surface area contributed by atoms with Gasteiger partial charge in [-0.2, -0.15) is 0 Å². The first kappa shape index (κ1) is 14.5. The lowest BCUT2D eigenvalue weighted by Gasteiger charge is -2.32. The van der Waals surface area contributed by atoms with Crippen LogP contribution < -0.4 is 5.73 Å². The van der Waals surface area contributed by atoms with Gasteiger partial charge in [0.25, 0.3) is 0 Å². The highest BCUT2D eigenvalue weighted by Crippen LogP contribution is 2.22. The van der Waals surface area contributed by atoms with E-state index in [0.717, 1.165) is 19.5 Å². The van der Waals surface area contributed by atoms with Gasteiger partial charge in [-0.05, 0) is 62.0 Å². The third kappa shape index (κ3) is 3.78. The van der Waals surface area contributed by atoms with Gasteiger partial charge in [0.1, 0.15) is 0 Å². The van der Waals surface area contributed by atoms with E-state index in [9.17, 15) is 0 Å². The van der Waals surface area contributed by atoms with Crippen LogP contribution in [0.25, 0.3) is 0 Å². The molecule has 18 heavy (non-hydrogen) atoms. The standard InChI is InChI=1S/C13H22BrN3S/c1-16-4-3-5-17(2)13(8-16)12(15)7-11-6-10(14)9-18-11/h6,9,12-13H,3-5,7-8,15H2,1-2H3. The van der Waals surface area contributed by atoms with Gasteiger partial charge in [0.05, 0.1) is 0 Å². The van der Waals surface area contributed by atoms with Gasteiger partial charge >= 0.3 is 0 Å². The Morgan fingerprint density at radius 2 is 2.28 bits per heavy atom. The summed E-state index contributed by atoms with van der Waals surface area (Å²) in [5.74, 6) is 0. The Balaban J connectivity index is 1.99. The lowest BCUT2D eigenvalue weighted by molar-refractivity contribution is 0.195. The van der Waals surface area contributed by atoms with Crippen LogP contribution in [0.2, 0.25) is 0 Å². The quantitative estimate of drug-likeness (QED) is 0.919. The van der Waals surface area contributed by atoms with Gasteiger partial charge in [-0.1, -0.05) is 0 Å². The van der Waals surface area contributed by atoms with Crippen LogP contribution in [-0.2, 0) is 6.42 Å². The molecule has 2 N–H and O–H groups in total. The molecule has 0 aliphatic carbocycles. The molecule has 1 aliphatic heterocycles. The molecule has 0 radical (unpaired) electrons. The van der Waals surface area contributed by atoms with Gasteiger partial charge in [-0.3, -0.25) is 0 Å². The summed E-state index contributed by atoms with van der Waals surface area (Å²) >= 11 is 5.29. The fourth-order valence-corrected chi connectivity index (χ4v) is 4.12. The Morgan fingerprint density at radius 1 is 1.50 bits per heavy atom. The number of hydrogen-bond donors (Lipinski definition) is 1. The van der Waals surface area contributed by atoms with Crippen LogP contribution >= 0.6 is 27.3 Å². The van der Waals surface area contributed by atoms with E-state index >= 15 is 0 Å². The lowest BCUT2D eigenvalue weighted by Crippen LogP contribution is -2.51. The molecule has 0 saturated carbocycles. The molecular weight excluding hydrogens is 310 g/mol. The average Bonchev–Trinajstić information content (AvgIpc) is 2.62. The van der Waals surface area contributed by atoms with Crippen molar-refractivity contribution in [3.8, 4) is 0 Å². The minimum absolute atomic E-state index is 0.209. The van der Waals surface area contributed by atoms with Crippen molar-refractivity contribution in [3.05, 3.63) is 20.8 Å². The molecule has 2 unspecified atom stereocenters. The molecule has 3 nitrogen and oxygen atoms in total. The van der Waals surface area contributed by atoms with Crippen LogP contribution in [0.1, 0.15) is 11.3 Å². The molecule has 2 atom stereocenters. The maximum atomic E-state index is 6.43. The second-order valence-corrected chi connectivity index (χ2v) is 7.17. The van der Waals surface area contributed by atoms with Gasteiger partial charge in [-0.15, -0.1) is 11.3 Å². The summed E-state index contributed by atoms with van der Waals surface area (Å²) in [6.07, 6.45) is 2.21. The van der Waals surface area contributed by atoms with Crippen LogP contribution in [0.4, 0.5) is 0 Å². The number of thiophene rings is 1. The highest BCUT2D eigenvalue weighted by atomic mass is 79.9. The molecule has 102 valence electrons. The lowest BCUT2D eigenvalue weighted by atomic mass is 10.0. The van der Waals surface area contributed by atoms with Crippen LogP contribution in [0.15, 0.2) is 15.9 Å². The van der Waals surface area contributed by atoms with Crippen molar-refractivity contribution in [1.82, 2.24) is 9.80 Å². The Kier molecular flexibility index (Phi) is 5.21. The number of likely N-dealkylation sites (N-methyl/N-ethyl adjacent to an activating group) is 2. The number of nitrogens with two attached hydrogens (primary N) is 1. The predicted molar refractivity (Wildman–Crippen MR) is 82.2 cm³/mol. The van der Waals surface area contributed by atoms with Crippen molar-refractivity contribution in [2.45, 2.75) is 24.9 Å². The monoisotopic (exact) mass is 331 g/mol. The molecule has 2 heterocycles. The number of halogens is 1. The Bertz CT molecular complexity index is 382. The second-order valence-electron chi connectivity index (χ2n) is 5.26. The fraction of sp³-hybridized carbons (Fsp3) is 0.692. The predicted octanol–water partition coefficient (Wildman–Crippen LogP) is 2.02. The summed E-state index contributed by atoms with van der Waals surface area (Å²) < 4.78 is 1.17. The molecule has 0 spiro atoms. The minimum atomic E-state index is 0.209. The van der Waals surface area contributed by atoms with Gasteiger partial charge in [-0.25, -0.2) is 0 Å². The van der Waals surface area contributed by atoms with E-state index in [1.165, 1.54) is 22.3 Å². The first-order chi connectivity index (χ1) is 8.56. The molecule has 1 saturated heterocycles. The van der Waals surface area contributed by atoms with Crippen molar-refractivity contribution < 1.29 is 0 Å². The van der Waals surface area contributed by atoms with Crippen LogP contribution in [0, 0.1) is 0 Å². The van der Waals surface area contributed by atoms with E-state index in [1.54, 1.807) is 11.3 Å². The summed E-state index contributed by atoms with van der Waals surface area (Å²) in [4.78, 5) is 6.20. The van der Waals surface area contributed by atoms with Crippen LogP contribution in [0.5, 0.6) is 0 Å². The van der Waals surface area contributed by atoms with Crippen molar-refractivity contribution in [2.75, 3.05) is 33.7 Å². The second kappa shape index (κ2) is 6.48. The van der Waals surface area contributed by atoms with Crippen molar-refractivity contribution in [1.29, 1.82) is 0 Å². The van der Waals surface area contributed by atoms with Crippen molar-refractivity contribution in [2.24, 2.45) is 5.73 Å². The molecule has 2 rings (SSSR count). The number of rotatable bonds is 3. The largest absolute Gasteiger partial charge is 0.326 e. The Hall–Kier alpha value is 0.0600. The van der Waals surface area contributed by atoms with Gasteiger partial charge < -0.3 is 15.5 Å². The first-order valence-electron chi connectivity index (χ1n) is 6.43. The molecule has 1 aromatic rings. The smallest absolute Gasteiger partial charge is 0.0374 e. The third-order valence-electron chi connectivity index (χ3n) is 3.67. The highest BCUT2D eigenvalue weighted by molar-refractivity contribution is 9.10. The molecule has 0 bridgehead atoms. The maximum absolute atomic E-state index is 6.43. The molecule has 0 amide bonds. The zero-order valence-electron chi connectivity index (χ0n) is 11.1. The third-order valence-corrected chi connectivity index (χ3v) is 5.39. The summed E-state index contributed by atoms with van der Waals surface area (Å²) in [5, 5.41) is 2.13. The van der Waals surface area contributed by atoms with Gasteiger partial charge in [0.15, 0.2) is 0 Å². The zero-order chi connectivity index (χ0) is 13.1. The van der Waals surface area contributed by atoms with E-state index in [1.807, 2.05) is 0 Å². The molecule has 5 heteroatoms. The summed E-state index contributed by atoms with van der Waals surface area (Å²) in [7, 11) is 4.40. The van der Waals surface area contributed by atoms with Gasteiger partial charge in [0.2, 0.25) is 0 Å². The molecular formula is C13H22BrN3S. The van der Waals surface area contributed by atoms with E-state index in [-0.39, 0.29) is 6.04 Å². The van der Waals surface area contributed by atoms with Gasteiger partial charge in [0, 0.05) is 33.4 Å². The molecule has 1 fully saturated rings. The van der Waals surface area contributed by atoms with Crippen LogP contribution in [-0.4, -0.2) is 55.6 Å². The van der Waals surface area contributed by atoms with Crippen molar-refractivity contribution in [3.63, 3.8) is 0 Å². The summed E-state index contributed by atoms with van der Waals surface area (Å²) in [6.45, 7) is 3.40. The topological polar surface area (TPSA) is 32.5 Å². The number of nitrogens with zero attached hydrogens (tertiary/aromatic N) is 2. The summed E-state index contributed by atoms with van der Waals surface area (Å²) in [6, 6.07) is 2.85. The highest BCUT2D eigenvalue weighted by Gasteiger charge is 2.26. The van der Waals surface area contributed by atoms with Crippen molar-refractivity contribution >= 4 is 27.3 Å². The van der Waals surface area contributed by atoms with E-state index in [2.05, 4.69) is 51.3 Å². The Labute approximate surface area is 122 Å². The van der Waals surface area contributed by atoms with E-state index < -0.39 is 0 Å². The number of hydrogen-bond acceptors (Lipinski definition) is 4.